The molecule has 2 aliphatic rings. The summed E-state index contributed by atoms with van der Waals surface area (Å²) in [5, 5.41) is 13.2. The molecule has 184 valence electrons. The van der Waals surface area contributed by atoms with Crippen LogP contribution < -0.4 is 10.1 Å². The number of ether oxygens (including phenoxy) is 1. The monoisotopic (exact) mass is 479 g/mol. The third kappa shape index (κ3) is 6.92. The van der Waals surface area contributed by atoms with Crippen LogP contribution in [0.3, 0.4) is 0 Å². The molecule has 1 saturated carbocycles. The van der Waals surface area contributed by atoms with Crippen LogP contribution in [0.25, 0.3) is 0 Å². The van der Waals surface area contributed by atoms with Gasteiger partial charge in [0.05, 0.1) is 24.7 Å². The van der Waals surface area contributed by atoms with Crippen molar-refractivity contribution >= 4 is 11.9 Å². The number of amides is 3. The summed E-state index contributed by atoms with van der Waals surface area (Å²) < 4.78 is 67.3. The Morgan fingerprint density at radius 2 is 2.00 bits per heavy atom. The topological polar surface area (TPSA) is 82.1 Å². The summed E-state index contributed by atoms with van der Waals surface area (Å²) in [4.78, 5) is 28.0. The van der Waals surface area contributed by atoms with Gasteiger partial charge in [-0.05, 0) is 32.3 Å². The van der Waals surface area contributed by atoms with E-state index in [1.165, 1.54) is 16.7 Å². The number of piperidine rings is 1. The van der Waals surface area contributed by atoms with Crippen LogP contribution in [0.2, 0.25) is 0 Å². The molecule has 7 nitrogen and oxygen atoms in total. The van der Waals surface area contributed by atoms with Gasteiger partial charge in [0.1, 0.15) is 11.6 Å². The van der Waals surface area contributed by atoms with Gasteiger partial charge in [0.25, 0.3) is 0 Å². The maximum atomic E-state index is 14.2. The van der Waals surface area contributed by atoms with E-state index in [0.29, 0.717) is 6.07 Å². The van der Waals surface area contributed by atoms with E-state index in [1.807, 2.05) is 0 Å². The number of urea groups is 1. The fourth-order valence-electron chi connectivity index (χ4n) is 4.10. The van der Waals surface area contributed by atoms with Crippen LogP contribution in [0.1, 0.15) is 38.2 Å². The summed E-state index contributed by atoms with van der Waals surface area (Å²) >= 11 is 0. The van der Waals surface area contributed by atoms with Crippen molar-refractivity contribution in [2.75, 3.05) is 19.8 Å². The molecule has 2 N–H and O–H groups in total. The lowest BCUT2D eigenvalue weighted by molar-refractivity contribution is -0.274. The van der Waals surface area contributed by atoms with E-state index < -0.39 is 48.2 Å². The number of hydrogen-bond acceptors (Lipinski definition) is 4. The van der Waals surface area contributed by atoms with E-state index in [4.69, 9.17) is 0 Å². The summed E-state index contributed by atoms with van der Waals surface area (Å²) in [5.74, 6) is -2.14. The fraction of sp³-hybridized carbons (Fsp3) is 0.619. The lowest BCUT2D eigenvalue weighted by Crippen LogP contribution is -2.61. The number of carbonyl (C=O) groups excluding carboxylic acids is 2. The molecule has 1 heterocycles. The minimum absolute atomic E-state index is 0.0278. The van der Waals surface area contributed by atoms with Crippen molar-refractivity contribution in [2.24, 2.45) is 0 Å². The van der Waals surface area contributed by atoms with E-state index in [1.54, 1.807) is 0 Å². The molecular weight excluding hydrogens is 453 g/mol. The first-order valence-corrected chi connectivity index (χ1v) is 10.5. The number of rotatable bonds is 7. The van der Waals surface area contributed by atoms with E-state index in [-0.39, 0.29) is 44.1 Å². The molecule has 0 radical (unpaired) electrons. The predicted octanol–water partition coefficient (Wildman–Crippen LogP) is 3.11. The number of carbonyl (C=O) groups is 2. The number of nitrogens with zero attached hydrogens (tertiary/aromatic N) is 2. The molecule has 3 amide bonds. The summed E-state index contributed by atoms with van der Waals surface area (Å²) in [7, 11) is 0. The number of aliphatic hydroxyl groups is 1. The van der Waals surface area contributed by atoms with Gasteiger partial charge in [-0.3, -0.25) is 9.18 Å². The van der Waals surface area contributed by atoms with Crippen LogP contribution in [0.4, 0.5) is 26.7 Å². The first-order valence-electron chi connectivity index (χ1n) is 10.5. The van der Waals surface area contributed by atoms with Gasteiger partial charge in [0, 0.05) is 37.3 Å². The van der Waals surface area contributed by atoms with Crippen molar-refractivity contribution < 1.29 is 41.4 Å². The SMILES string of the molecule is C[C@@]1(O)C[C@@H](N(C(=O)NCc2ccc(OC(F)(F)F)cc2F)C2CC2)CN(C(=O)CCF)C1. The number of hydrogen-bond donors (Lipinski definition) is 2. The van der Waals surface area contributed by atoms with Crippen LogP contribution in [0.5, 0.6) is 5.75 Å². The molecule has 1 aromatic carbocycles. The van der Waals surface area contributed by atoms with Crippen molar-refractivity contribution in [2.45, 2.75) is 63.2 Å². The van der Waals surface area contributed by atoms with Gasteiger partial charge in [0.15, 0.2) is 0 Å². The molecule has 0 unspecified atom stereocenters. The Bertz CT molecular complexity index is 876. The minimum atomic E-state index is -4.95. The third-order valence-corrected chi connectivity index (χ3v) is 5.56. The Kier molecular flexibility index (Phi) is 7.35. The summed E-state index contributed by atoms with van der Waals surface area (Å²) in [6, 6.07) is 1.42. The Hall–Kier alpha value is -2.63. The summed E-state index contributed by atoms with van der Waals surface area (Å²) in [5.41, 5.74) is -1.31. The van der Waals surface area contributed by atoms with E-state index in [2.05, 4.69) is 10.1 Å². The Labute approximate surface area is 187 Å². The second kappa shape index (κ2) is 9.70. The smallest absolute Gasteiger partial charge is 0.406 e. The Morgan fingerprint density at radius 1 is 1.30 bits per heavy atom. The van der Waals surface area contributed by atoms with Gasteiger partial charge in [-0.2, -0.15) is 0 Å². The van der Waals surface area contributed by atoms with Gasteiger partial charge in [-0.1, -0.05) is 6.07 Å². The van der Waals surface area contributed by atoms with Crippen molar-refractivity contribution in [1.29, 1.82) is 0 Å². The van der Waals surface area contributed by atoms with Crippen molar-refractivity contribution in [3.63, 3.8) is 0 Å². The highest BCUT2D eigenvalue weighted by Gasteiger charge is 2.44. The predicted molar refractivity (Wildman–Crippen MR) is 106 cm³/mol. The highest BCUT2D eigenvalue weighted by atomic mass is 19.4. The van der Waals surface area contributed by atoms with Gasteiger partial charge in [-0.15, -0.1) is 13.2 Å². The number of alkyl halides is 4. The Balaban J connectivity index is 1.67. The molecule has 3 rings (SSSR count). The number of nitrogens with one attached hydrogen (secondary N) is 1. The number of β-amino-alcohol motifs (C(OH)–C–C–N with tert-alkyl or cyclic N) is 1. The van der Waals surface area contributed by atoms with E-state index >= 15 is 0 Å². The summed E-state index contributed by atoms with van der Waals surface area (Å²) in [6.45, 7) is 0.593. The highest BCUT2D eigenvalue weighted by molar-refractivity contribution is 5.77. The molecule has 33 heavy (non-hydrogen) atoms. The Morgan fingerprint density at radius 3 is 2.58 bits per heavy atom. The normalized spacial score (nSPS) is 23.2. The lowest BCUT2D eigenvalue weighted by Gasteiger charge is -2.45. The number of benzene rings is 1. The maximum absolute atomic E-state index is 14.2. The first kappa shape index (κ1) is 25.0. The molecule has 12 heteroatoms. The van der Waals surface area contributed by atoms with Crippen molar-refractivity contribution in [3.05, 3.63) is 29.6 Å². The zero-order valence-electron chi connectivity index (χ0n) is 18.0. The molecule has 1 saturated heterocycles. The third-order valence-electron chi connectivity index (χ3n) is 5.56. The maximum Gasteiger partial charge on any atom is 0.573 e. The van der Waals surface area contributed by atoms with Gasteiger partial charge < -0.3 is 25.0 Å². The van der Waals surface area contributed by atoms with Crippen LogP contribution >= 0.6 is 0 Å². The largest absolute Gasteiger partial charge is 0.573 e. The summed E-state index contributed by atoms with van der Waals surface area (Å²) in [6.07, 6.45) is -3.61. The van der Waals surface area contributed by atoms with Crippen molar-refractivity contribution in [1.82, 2.24) is 15.1 Å². The second-order valence-electron chi connectivity index (χ2n) is 8.67. The number of halogens is 5. The molecule has 0 bridgehead atoms. The lowest BCUT2D eigenvalue weighted by atomic mass is 9.90. The highest BCUT2D eigenvalue weighted by Crippen LogP contribution is 2.34. The average molecular weight is 479 g/mol. The molecule has 1 aliphatic heterocycles. The molecule has 2 fully saturated rings. The fourth-order valence-corrected chi connectivity index (χ4v) is 4.10. The second-order valence-corrected chi connectivity index (χ2v) is 8.67. The van der Waals surface area contributed by atoms with E-state index in [9.17, 15) is 36.6 Å². The van der Waals surface area contributed by atoms with Crippen LogP contribution in [-0.2, 0) is 11.3 Å². The number of likely N-dealkylation sites (tertiary alicyclic amines) is 1. The zero-order chi connectivity index (χ0) is 24.4. The van der Waals surface area contributed by atoms with Crippen LogP contribution in [0.15, 0.2) is 18.2 Å². The standard InChI is InChI=1S/C21H26F5N3O4/c1-20(32)9-15(11-28(12-20)18(30)6-7-22)29(14-3-4-14)19(31)27-10-13-2-5-16(8-17(13)23)33-21(24,25)26/h2,5,8,14-15,32H,3-4,6-7,9-12H2,1H3,(H,27,31)/t15-,20-/m1/s1. The van der Waals surface area contributed by atoms with Crippen LogP contribution in [0, 0.1) is 5.82 Å². The zero-order valence-corrected chi connectivity index (χ0v) is 18.0. The first-order chi connectivity index (χ1) is 15.4. The molecule has 2 atom stereocenters. The van der Waals surface area contributed by atoms with E-state index in [0.717, 1.165) is 25.0 Å². The molecule has 1 aliphatic carbocycles. The van der Waals surface area contributed by atoms with Crippen molar-refractivity contribution in [3.8, 4) is 5.75 Å². The average Bonchev–Trinajstić information content (AvgIpc) is 3.50. The molecule has 0 aromatic heterocycles. The quantitative estimate of drug-likeness (QED) is 0.589. The van der Waals surface area contributed by atoms with Gasteiger partial charge >= 0.3 is 12.4 Å². The minimum Gasteiger partial charge on any atom is -0.406 e. The van der Waals surface area contributed by atoms with Gasteiger partial charge in [-0.25, -0.2) is 9.18 Å². The molecule has 1 aromatic rings. The van der Waals surface area contributed by atoms with Crippen LogP contribution in [-0.4, -0.2) is 70.7 Å². The van der Waals surface area contributed by atoms with Gasteiger partial charge in [0.2, 0.25) is 5.91 Å². The molecular formula is C21H26F5N3O4. The molecule has 0 spiro atoms.